The minimum absolute atomic E-state index is 0.196. The summed E-state index contributed by atoms with van der Waals surface area (Å²) in [7, 11) is 0. The van der Waals surface area contributed by atoms with E-state index in [0.717, 1.165) is 0 Å². The Labute approximate surface area is 455 Å². The quantitative estimate of drug-likeness (QED) is 0.143. The van der Waals surface area contributed by atoms with Crippen LogP contribution in [0.15, 0.2) is 0 Å². The van der Waals surface area contributed by atoms with Crippen LogP contribution in [0, 0.1) is 53.3 Å². The lowest BCUT2D eigenvalue weighted by Crippen LogP contribution is -2.56. The molecule has 0 aromatic heterocycles. The third-order valence-corrected chi connectivity index (χ3v) is 12.8. The van der Waals surface area contributed by atoms with E-state index in [0.29, 0.717) is 0 Å². The highest BCUT2D eigenvalue weighted by Crippen LogP contribution is 2.19. The van der Waals surface area contributed by atoms with Gasteiger partial charge >= 0.3 is 29.8 Å². The molecular weight excluding hydrogens is 1000 g/mol. The lowest BCUT2D eigenvalue weighted by atomic mass is 10.0. The van der Waals surface area contributed by atoms with Crippen LogP contribution in [0.25, 0.3) is 0 Å². The van der Waals surface area contributed by atoms with E-state index in [2.05, 4.69) is 31.9 Å². The fraction of sp³-hybridized carbons (Fsp3) is 0.796. The molecule has 1 unspecified atom stereocenters. The summed E-state index contributed by atoms with van der Waals surface area (Å²) in [6.07, 6.45) is -8.57. The molecule has 1 aliphatic rings. The topological polar surface area (TPSA) is 315 Å². The molecule has 0 spiro atoms. The first-order valence-corrected chi connectivity index (χ1v) is 26.9. The predicted octanol–water partition coefficient (Wildman–Crippen LogP) is 2.82. The Kier molecular flexibility index (Phi) is 28.3. The Balaban J connectivity index is 3.82. The van der Waals surface area contributed by atoms with E-state index in [-0.39, 0.29) is 12.5 Å². The van der Waals surface area contributed by atoms with Crippen LogP contribution >= 0.6 is 0 Å². The Morgan fingerprint density at radius 1 is 0.286 bits per heavy atom. The molecule has 0 aliphatic carbocycles. The zero-order valence-corrected chi connectivity index (χ0v) is 49.3. The van der Waals surface area contributed by atoms with Crippen LogP contribution in [0.2, 0.25) is 0 Å². The molecule has 0 aromatic rings. The summed E-state index contributed by atoms with van der Waals surface area (Å²) in [6, 6.07) is -7.44. The average molecular weight is 1100 g/mol. The second-order valence-corrected chi connectivity index (χ2v) is 22.9. The summed E-state index contributed by atoms with van der Waals surface area (Å²) < 4.78 is 34.1. The summed E-state index contributed by atoms with van der Waals surface area (Å²) in [5.41, 5.74) is 0. The molecule has 23 nitrogen and oxygen atoms in total. The van der Waals surface area contributed by atoms with Gasteiger partial charge in [0.1, 0.15) is 36.3 Å². The largest absolute Gasteiger partial charge is 0.451 e. The van der Waals surface area contributed by atoms with Crippen molar-refractivity contribution in [1.82, 2.24) is 31.9 Å². The molecule has 77 heavy (non-hydrogen) atoms. The first-order valence-electron chi connectivity index (χ1n) is 26.9. The number of hydrogen-bond donors (Lipinski definition) is 6. The van der Waals surface area contributed by atoms with E-state index in [9.17, 15) is 52.7 Å². The van der Waals surface area contributed by atoms with Gasteiger partial charge in [0.25, 0.3) is 29.5 Å². The average Bonchev–Trinajstić information content (AvgIpc) is 3.31. The molecular formula is C54H92N6O17. The fourth-order valence-corrected chi connectivity index (χ4v) is 7.44. The number of carbonyl (C=O) groups is 11. The van der Waals surface area contributed by atoms with Gasteiger partial charge in [-0.15, -0.1) is 0 Å². The van der Waals surface area contributed by atoms with Gasteiger partial charge < -0.3 is 60.3 Å². The van der Waals surface area contributed by atoms with E-state index >= 15 is 0 Å². The number of cyclic esters (lactones) is 5. The van der Waals surface area contributed by atoms with Gasteiger partial charge in [0, 0.05) is 0 Å². The maximum Gasteiger partial charge on any atom is 0.329 e. The zero-order valence-electron chi connectivity index (χ0n) is 49.3. The molecule has 0 saturated carbocycles. The molecule has 1 heterocycles. The maximum absolute atomic E-state index is 13.9. The number of ether oxygens (including phenoxy) is 6. The van der Waals surface area contributed by atoms with Crippen molar-refractivity contribution in [2.75, 3.05) is 6.61 Å². The summed E-state index contributed by atoms with van der Waals surface area (Å²) in [4.78, 5) is 151. The Morgan fingerprint density at radius 2 is 0.506 bits per heavy atom. The van der Waals surface area contributed by atoms with E-state index in [4.69, 9.17) is 28.4 Å². The second kappa shape index (κ2) is 31.5. The Hall–Kier alpha value is -5.87. The molecule has 1 aliphatic heterocycles. The normalized spacial score (nSPS) is 29.1. The molecule has 0 aromatic carbocycles. The molecule has 12 atom stereocenters. The van der Waals surface area contributed by atoms with Gasteiger partial charge in [-0.3, -0.25) is 28.8 Å². The molecule has 1 rings (SSSR count). The minimum Gasteiger partial charge on any atom is -0.451 e. The smallest absolute Gasteiger partial charge is 0.329 e. The van der Waals surface area contributed by atoms with Crippen LogP contribution in [0.5, 0.6) is 0 Å². The first-order chi connectivity index (χ1) is 35.4. The number of rotatable bonds is 9. The van der Waals surface area contributed by atoms with Crippen LogP contribution in [-0.4, -0.2) is 145 Å². The Morgan fingerprint density at radius 3 is 0.740 bits per heavy atom. The lowest BCUT2D eigenvalue weighted by molar-refractivity contribution is -0.167. The lowest BCUT2D eigenvalue weighted by Gasteiger charge is -2.30. The molecule has 0 radical (unpaired) electrons. The van der Waals surface area contributed by atoms with Crippen molar-refractivity contribution in [3.05, 3.63) is 0 Å². The number of nitrogens with one attached hydrogen (secondary N) is 6. The summed E-state index contributed by atoms with van der Waals surface area (Å²) in [6.45, 7) is 33.2. The molecule has 6 amide bonds. The van der Waals surface area contributed by atoms with Gasteiger partial charge in [-0.1, -0.05) is 125 Å². The third kappa shape index (κ3) is 21.5. The SMILES string of the molecule is CC(C)C1NC(=O)[C@H](C)OC[C@H](C(C)C)NC(=O)[C@@H](C(C)C)OC(=O)[C@H](C(C)C)NC(=O)[C@H](C)OC(=O)[C@@H](C(C)C)NC(=O)[C@@H](C(C)C)OC(=O)[C@H](C(C)C)NC(=O)[C@H](C)OC(=O)[C@@H](C(C)C)NC(=O)[C@@H](C(C)C)OC1=O. The van der Waals surface area contributed by atoms with Crippen molar-refractivity contribution in [3.8, 4) is 0 Å². The van der Waals surface area contributed by atoms with Crippen LogP contribution in [0.1, 0.15) is 145 Å². The highest BCUT2D eigenvalue weighted by molar-refractivity contribution is 5.95. The third-order valence-electron chi connectivity index (χ3n) is 12.8. The molecule has 0 bridgehead atoms. The Bertz CT molecular complexity index is 2050. The van der Waals surface area contributed by atoms with Crippen LogP contribution in [0.3, 0.4) is 0 Å². The van der Waals surface area contributed by atoms with Crippen LogP contribution in [0.4, 0.5) is 0 Å². The molecule has 1 saturated heterocycles. The van der Waals surface area contributed by atoms with Gasteiger partial charge in [0.15, 0.2) is 30.5 Å². The minimum atomic E-state index is -1.53. The zero-order chi connectivity index (χ0) is 59.7. The van der Waals surface area contributed by atoms with Gasteiger partial charge in [0.05, 0.1) is 12.6 Å². The van der Waals surface area contributed by atoms with Gasteiger partial charge in [0.2, 0.25) is 5.91 Å². The van der Waals surface area contributed by atoms with Crippen molar-refractivity contribution >= 4 is 65.3 Å². The first kappa shape index (κ1) is 69.1. The van der Waals surface area contributed by atoms with Gasteiger partial charge in [-0.05, 0) is 74.0 Å². The monoisotopic (exact) mass is 1100 g/mol. The van der Waals surface area contributed by atoms with E-state index < -0.39 is 186 Å². The van der Waals surface area contributed by atoms with Crippen molar-refractivity contribution < 1.29 is 81.2 Å². The van der Waals surface area contributed by atoms with Crippen molar-refractivity contribution in [2.24, 2.45) is 53.3 Å². The summed E-state index contributed by atoms with van der Waals surface area (Å²) >= 11 is 0. The number of amides is 6. The molecule has 1 fully saturated rings. The van der Waals surface area contributed by atoms with Crippen LogP contribution in [-0.2, 0) is 81.2 Å². The molecule has 6 N–H and O–H groups in total. The highest BCUT2D eigenvalue weighted by Gasteiger charge is 2.41. The molecule has 23 heteroatoms. The van der Waals surface area contributed by atoms with Crippen molar-refractivity contribution in [1.29, 1.82) is 0 Å². The number of esters is 5. The predicted molar refractivity (Wildman–Crippen MR) is 281 cm³/mol. The fourth-order valence-electron chi connectivity index (χ4n) is 7.44. The van der Waals surface area contributed by atoms with Crippen molar-refractivity contribution in [2.45, 2.75) is 218 Å². The summed E-state index contributed by atoms with van der Waals surface area (Å²) in [5.74, 6) is -15.1. The molecule has 440 valence electrons. The van der Waals surface area contributed by atoms with Crippen molar-refractivity contribution in [3.63, 3.8) is 0 Å². The highest BCUT2D eigenvalue weighted by atomic mass is 16.6. The van der Waals surface area contributed by atoms with Gasteiger partial charge in [-0.2, -0.15) is 0 Å². The van der Waals surface area contributed by atoms with Crippen LogP contribution < -0.4 is 31.9 Å². The van der Waals surface area contributed by atoms with Gasteiger partial charge in [-0.25, -0.2) is 24.0 Å². The van der Waals surface area contributed by atoms with E-state index in [1.165, 1.54) is 20.8 Å². The van der Waals surface area contributed by atoms with E-state index in [1.54, 1.807) is 125 Å². The second-order valence-electron chi connectivity index (χ2n) is 22.9. The standard InChI is InChI=1S/C54H92N6O17/c1-23(2)35-22-72-32(19)44(61)56-38(26(7)8)52(69)76-42(30(15)16)48(65)59-36(24(3)4)50(67)74-34(21)46(63)58-40(28(11)12)54(71)77-43(31(17)18)49(66)60-37(25(5)6)51(68)73-33(20)45(62)57-39(27(9)10)53(70)75-41(29(13)14)47(64)55-35/h23-43H,22H2,1-21H3,(H,55,64)(H,56,61)(H,57,62)(H,58,63)(H,59,65)(H,60,66)/t32-,33-,34-,35+,36+,37+,38?,39-,40-,41+,42+,43+/m0/s1. The maximum atomic E-state index is 13.9. The van der Waals surface area contributed by atoms with E-state index in [1.807, 2.05) is 0 Å². The number of carbonyl (C=O) groups excluding carboxylic acids is 11. The number of hydrogen-bond acceptors (Lipinski definition) is 17. The summed E-state index contributed by atoms with van der Waals surface area (Å²) in [5, 5.41) is 15.7.